The van der Waals surface area contributed by atoms with Crippen molar-refractivity contribution in [3.63, 3.8) is 0 Å². The normalized spacial score (nSPS) is 17.2. The maximum absolute atomic E-state index is 13.7. The van der Waals surface area contributed by atoms with Gasteiger partial charge < -0.3 is 4.90 Å². The molecule has 0 saturated carbocycles. The van der Waals surface area contributed by atoms with Crippen LogP contribution in [0.3, 0.4) is 0 Å². The van der Waals surface area contributed by atoms with Gasteiger partial charge in [-0.15, -0.1) is 0 Å². The minimum absolute atomic E-state index is 0.161. The summed E-state index contributed by atoms with van der Waals surface area (Å²) in [5.41, 5.74) is 0.321. The van der Waals surface area contributed by atoms with Gasteiger partial charge in [0.15, 0.2) is 0 Å². The Kier molecular flexibility index (Phi) is 5.16. The summed E-state index contributed by atoms with van der Waals surface area (Å²) >= 11 is 0. The fraction of sp³-hybridized carbons (Fsp3) is 0.571. The number of benzene rings is 1. The predicted molar refractivity (Wildman–Crippen MR) is 78.8 cm³/mol. The number of piperazine rings is 1. The van der Waals surface area contributed by atoms with Gasteiger partial charge in [0, 0.05) is 32.2 Å². The smallest absolute Gasteiger partial charge is 0.214 e. The van der Waals surface area contributed by atoms with Crippen LogP contribution in [0.25, 0.3) is 0 Å². The average molecular weight is 318 g/mol. The second-order valence-corrected chi connectivity index (χ2v) is 7.24. The molecule has 0 N–H and O–H groups in total. The van der Waals surface area contributed by atoms with Crippen molar-refractivity contribution in [2.24, 2.45) is 0 Å². The van der Waals surface area contributed by atoms with Crippen LogP contribution in [-0.2, 0) is 10.0 Å². The zero-order chi connectivity index (χ0) is 15.5. The van der Waals surface area contributed by atoms with Gasteiger partial charge in [0.05, 0.1) is 11.4 Å². The molecule has 1 fully saturated rings. The monoisotopic (exact) mass is 318 g/mol. The third-order valence-corrected chi connectivity index (χ3v) is 5.59. The molecule has 0 bridgehead atoms. The Hall–Kier alpha value is -1.21. The first-order valence-corrected chi connectivity index (χ1v) is 8.73. The molecule has 0 spiro atoms. The van der Waals surface area contributed by atoms with Crippen LogP contribution in [0.2, 0.25) is 0 Å². The summed E-state index contributed by atoms with van der Waals surface area (Å²) in [6, 6.07) is 3.45. The molecule has 4 nitrogen and oxygen atoms in total. The van der Waals surface area contributed by atoms with Crippen LogP contribution in [0, 0.1) is 11.6 Å². The molecule has 21 heavy (non-hydrogen) atoms. The van der Waals surface area contributed by atoms with Crippen molar-refractivity contribution < 1.29 is 17.2 Å². The van der Waals surface area contributed by atoms with Crippen LogP contribution >= 0.6 is 0 Å². The fourth-order valence-corrected chi connectivity index (χ4v) is 4.03. The minimum atomic E-state index is -3.22. The van der Waals surface area contributed by atoms with E-state index < -0.39 is 21.7 Å². The van der Waals surface area contributed by atoms with E-state index in [2.05, 4.69) is 0 Å². The molecule has 0 aliphatic carbocycles. The van der Waals surface area contributed by atoms with Gasteiger partial charge in [-0.05, 0) is 18.6 Å². The minimum Gasteiger partial charge on any atom is -0.367 e. The number of sulfonamides is 1. The van der Waals surface area contributed by atoms with Gasteiger partial charge in [-0.25, -0.2) is 17.2 Å². The van der Waals surface area contributed by atoms with E-state index in [1.165, 1.54) is 16.4 Å². The van der Waals surface area contributed by atoms with E-state index in [1.807, 2.05) is 6.92 Å². The van der Waals surface area contributed by atoms with E-state index in [0.717, 1.165) is 12.5 Å². The Morgan fingerprint density at radius 1 is 1.14 bits per heavy atom. The van der Waals surface area contributed by atoms with E-state index in [9.17, 15) is 17.2 Å². The number of unbranched alkanes of at least 4 members (excludes halogenated alkanes) is 1. The fourth-order valence-electron chi connectivity index (χ4n) is 2.40. The van der Waals surface area contributed by atoms with Crippen LogP contribution < -0.4 is 4.90 Å². The maximum atomic E-state index is 13.7. The Balaban J connectivity index is 2.00. The van der Waals surface area contributed by atoms with Gasteiger partial charge in [-0.3, -0.25) is 0 Å². The predicted octanol–water partition coefficient (Wildman–Crippen LogP) is 2.22. The SMILES string of the molecule is CCCCS(=O)(=O)N1CCN(c2ccc(F)cc2F)CC1. The Morgan fingerprint density at radius 2 is 1.81 bits per heavy atom. The second-order valence-electron chi connectivity index (χ2n) is 5.15. The molecule has 1 saturated heterocycles. The first-order chi connectivity index (χ1) is 9.94. The van der Waals surface area contributed by atoms with Crippen LogP contribution in [0.4, 0.5) is 14.5 Å². The first-order valence-electron chi connectivity index (χ1n) is 7.12. The standard InChI is InChI=1S/C14H20F2N2O2S/c1-2-3-10-21(19,20)18-8-6-17(7-9-18)14-5-4-12(15)11-13(14)16/h4-5,11H,2-3,6-10H2,1H3. The molecule has 1 aromatic rings. The molecule has 1 heterocycles. The van der Waals surface area contributed by atoms with Gasteiger partial charge in [0.1, 0.15) is 11.6 Å². The molecule has 0 amide bonds. The molecule has 1 aliphatic heterocycles. The second kappa shape index (κ2) is 6.70. The molecule has 0 unspecified atom stereocenters. The van der Waals surface area contributed by atoms with E-state index >= 15 is 0 Å². The van der Waals surface area contributed by atoms with Crippen molar-refractivity contribution in [2.45, 2.75) is 19.8 Å². The number of nitrogens with zero attached hydrogens (tertiary/aromatic N) is 2. The molecule has 0 atom stereocenters. The molecule has 1 aliphatic rings. The lowest BCUT2D eigenvalue weighted by atomic mass is 10.2. The van der Waals surface area contributed by atoms with E-state index in [1.54, 1.807) is 4.90 Å². The first kappa shape index (κ1) is 16.2. The molecule has 0 radical (unpaired) electrons. The summed E-state index contributed by atoms with van der Waals surface area (Å²) in [5, 5.41) is 0. The molecular formula is C14H20F2N2O2S. The number of anilines is 1. The summed E-state index contributed by atoms with van der Waals surface area (Å²) in [4.78, 5) is 1.75. The lowest BCUT2D eigenvalue weighted by Crippen LogP contribution is -2.49. The largest absolute Gasteiger partial charge is 0.367 e. The van der Waals surface area contributed by atoms with E-state index in [0.29, 0.717) is 38.3 Å². The van der Waals surface area contributed by atoms with Crippen LogP contribution in [0.5, 0.6) is 0 Å². The average Bonchev–Trinajstić information content (AvgIpc) is 2.45. The summed E-state index contributed by atoms with van der Waals surface area (Å²) in [6.45, 7) is 3.44. The summed E-state index contributed by atoms with van der Waals surface area (Å²) in [7, 11) is -3.22. The van der Waals surface area contributed by atoms with Crippen molar-refractivity contribution in [3.05, 3.63) is 29.8 Å². The number of halogens is 2. The quantitative estimate of drug-likeness (QED) is 0.836. The van der Waals surface area contributed by atoms with E-state index in [-0.39, 0.29) is 5.75 Å². The lowest BCUT2D eigenvalue weighted by Gasteiger charge is -2.35. The Labute approximate surface area is 124 Å². The molecule has 7 heteroatoms. The van der Waals surface area contributed by atoms with Gasteiger partial charge in [-0.1, -0.05) is 13.3 Å². The molecular weight excluding hydrogens is 298 g/mol. The highest BCUT2D eigenvalue weighted by molar-refractivity contribution is 7.89. The van der Waals surface area contributed by atoms with Crippen molar-refractivity contribution in [1.82, 2.24) is 4.31 Å². The lowest BCUT2D eigenvalue weighted by molar-refractivity contribution is 0.382. The summed E-state index contributed by atoms with van der Waals surface area (Å²) in [5.74, 6) is -1.07. The zero-order valence-corrected chi connectivity index (χ0v) is 12.9. The van der Waals surface area contributed by atoms with Gasteiger partial charge in [-0.2, -0.15) is 4.31 Å². The topological polar surface area (TPSA) is 40.6 Å². The zero-order valence-electron chi connectivity index (χ0n) is 12.1. The van der Waals surface area contributed by atoms with Crippen LogP contribution in [0.1, 0.15) is 19.8 Å². The maximum Gasteiger partial charge on any atom is 0.214 e. The Bertz CT molecular complexity index is 585. The summed E-state index contributed by atoms with van der Waals surface area (Å²) < 4.78 is 52.2. The van der Waals surface area contributed by atoms with Crippen molar-refractivity contribution in [1.29, 1.82) is 0 Å². The number of hydrogen-bond donors (Lipinski definition) is 0. The highest BCUT2D eigenvalue weighted by atomic mass is 32.2. The number of hydrogen-bond acceptors (Lipinski definition) is 3. The molecule has 1 aromatic carbocycles. The van der Waals surface area contributed by atoms with Gasteiger partial charge >= 0.3 is 0 Å². The van der Waals surface area contributed by atoms with Crippen molar-refractivity contribution in [3.8, 4) is 0 Å². The van der Waals surface area contributed by atoms with Crippen LogP contribution in [-0.4, -0.2) is 44.7 Å². The highest BCUT2D eigenvalue weighted by Gasteiger charge is 2.27. The van der Waals surface area contributed by atoms with E-state index in [4.69, 9.17) is 0 Å². The third kappa shape index (κ3) is 3.91. The highest BCUT2D eigenvalue weighted by Crippen LogP contribution is 2.22. The third-order valence-electron chi connectivity index (χ3n) is 3.64. The van der Waals surface area contributed by atoms with Gasteiger partial charge in [0.25, 0.3) is 0 Å². The van der Waals surface area contributed by atoms with Crippen molar-refractivity contribution in [2.75, 3.05) is 36.8 Å². The molecule has 2 rings (SSSR count). The molecule has 0 aromatic heterocycles. The summed E-state index contributed by atoms with van der Waals surface area (Å²) in [6.07, 6.45) is 1.48. The van der Waals surface area contributed by atoms with Crippen molar-refractivity contribution >= 4 is 15.7 Å². The number of rotatable bonds is 5. The van der Waals surface area contributed by atoms with Crippen LogP contribution in [0.15, 0.2) is 18.2 Å². The van der Waals surface area contributed by atoms with Gasteiger partial charge in [0.2, 0.25) is 10.0 Å². The Morgan fingerprint density at radius 3 is 2.38 bits per heavy atom. The molecule has 118 valence electrons.